The molecule has 1 saturated carbocycles. The van der Waals surface area contributed by atoms with Crippen molar-refractivity contribution in [2.75, 3.05) is 7.05 Å². The number of hydrogen-bond donors (Lipinski definition) is 1. The van der Waals surface area contributed by atoms with Gasteiger partial charge < -0.3 is 14.6 Å². The lowest BCUT2D eigenvalue weighted by atomic mass is 10.2. The van der Waals surface area contributed by atoms with Gasteiger partial charge in [0.15, 0.2) is 0 Å². The molecule has 1 fully saturated rings. The molecule has 2 rings (SSSR count). The highest BCUT2D eigenvalue weighted by Gasteiger charge is 2.30. The molecule has 1 amide bonds. The van der Waals surface area contributed by atoms with Crippen LogP contribution in [0.15, 0.2) is 18.3 Å². The Morgan fingerprint density at radius 2 is 2.18 bits per heavy atom. The molecule has 1 heterocycles. The third-order valence-electron chi connectivity index (χ3n) is 3.20. The highest BCUT2D eigenvalue weighted by Crippen LogP contribution is 2.36. The van der Waals surface area contributed by atoms with E-state index < -0.39 is 12.0 Å². The molecule has 0 saturated heterocycles. The van der Waals surface area contributed by atoms with Crippen LogP contribution < -0.4 is 0 Å². The molecular weight excluding hydrogens is 220 g/mol. The second-order valence-corrected chi connectivity index (χ2v) is 4.46. The fourth-order valence-corrected chi connectivity index (χ4v) is 1.77. The van der Waals surface area contributed by atoms with E-state index in [1.54, 1.807) is 6.07 Å². The summed E-state index contributed by atoms with van der Waals surface area (Å²) in [5, 5.41) is 8.89. The van der Waals surface area contributed by atoms with Crippen molar-refractivity contribution in [2.45, 2.75) is 31.8 Å². The summed E-state index contributed by atoms with van der Waals surface area (Å²) < 4.78 is 1.94. The van der Waals surface area contributed by atoms with Crippen LogP contribution in [0.1, 0.15) is 36.3 Å². The Balaban J connectivity index is 2.18. The van der Waals surface area contributed by atoms with E-state index in [4.69, 9.17) is 5.11 Å². The van der Waals surface area contributed by atoms with Crippen LogP contribution in [-0.4, -0.2) is 39.5 Å². The molecule has 0 aliphatic heterocycles. The number of carboxylic acids is 1. The molecule has 1 aliphatic rings. The number of carbonyl (C=O) groups is 2. The fraction of sp³-hybridized carbons (Fsp3) is 0.500. The van der Waals surface area contributed by atoms with Gasteiger partial charge in [0.1, 0.15) is 11.7 Å². The molecule has 5 nitrogen and oxygen atoms in total. The molecule has 1 unspecified atom stereocenters. The number of amides is 1. The molecule has 1 aromatic heterocycles. The van der Waals surface area contributed by atoms with Gasteiger partial charge in [0.05, 0.1) is 0 Å². The summed E-state index contributed by atoms with van der Waals surface area (Å²) in [6, 6.07) is 3.17. The van der Waals surface area contributed by atoms with Gasteiger partial charge in [-0.25, -0.2) is 4.79 Å². The van der Waals surface area contributed by atoms with Crippen molar-refractivity contribution in [3.63, 3.8) is 0 Å². The zero-order valence-electron chi connectivity index (χ0n) is 9.96. The first kappa shape index (κ1) is 11.7. The lowest BCUT2D eigenvalue weighted by Crippen LogP contribution is -2.40. The zero-order chi connectivity index (χ0) is 12.6. The van der Waals surface area contributed by atoms with Gasteiger partial charge in [-0.3, -0.25) is 4.79 Å². The van der Waals surface area contributed by atoms with Crippen LogP contribution in [0, 0.1) is 0 Å². The Morgan fingerprint density at radius 3 is 2.71 bits per heavy atom. The predicted molar refractivity (Wildman–Crippen MR) is 61.9 cm³/mol. The molecule has 1 aromatic rings. The van der Waals surface area contributed by atoms with Crippen molar-refractivity contribution in [3.05, 3.63) is 24.0 Å². The molecule has 92 valence electrons. The van der Waals surface area contributed by atoms with Crippen molar-refractivity contribution >= 4 is 11.9 Å². The summed E-state index contributed by atoms with van der Waals surface area (Å²) in [5.41, 5.74) is 0.572. The van der Waals surface area contributed by atoms with Gasteiger partial charge in [-0.2, -0.15) is 0 Å². The van der Waals surface area contributed by atoms with Gasteiger partial charge in [0.25, 0.3) is 5.91 Å². The monoisotopic (exact) mass is 236 g/mol. The van der Waals surface area contributed by atoms with Crippen molar-refractivity contribution < 1.29 is 14.7 Å². The topological polar surface area (TPSA) is 62.5 Å². The minimum absolute atomic E-state index is 0.239. The summed E-state index contributed by atoms with van der Waals surface area (Å²) in [6.45, 7) is 1.50. The quantitative estimate of drug-likeness (QED) is 0.858. The molecule has 0 radical (unpaired) electrons. The van der Waals surface area contributed by atoms with E-state index in [1.807, 2.05) is 16.8 Å². The van der Waals surface area contributed by atoms with E-state index in [2.05, 4.69) is 0 Å². The van der Waals surface area contributed by atoms with Gasteiger partial charge in [0.2, 0.25) is 0 Å². The van der Waals surface area contributed by atoms with E-state index in [0.717, 1.165) is 12.8 Å². The van der Waals surface area contributed by atoms with Gasteiger partial charge in [-0.1, -0.05) is 0 Å². The van der Waals surface area contributed by atoms with E-state index in [0.29, 0.717) is 11.7 Å². The van der Waals surface area contributed by atoms with Crippen LogP contribution in [-0.2, 0) is 4.79 Å². The van der Waals surface area contributed by atoms with Gasteiger partial charge in [-0.15, -0.1) is 0 Å². The lowest BCUT2D eigenvalue weighted by molar-refractivity contribution is -0.141. The molecule has 0 spiro atoms. The summed E-state index contributed by atoms with van der Waals surface area (Å²) in [6.07, 6.45) is 4.06. The van der Waals surface area contributed by atoms with E-state index in [-0.39, 0.29) is 5.91 Å². The van der Waals surface area contributed by atoms with Crippen molar-refractivity contribution in [1.29, 1.82) is 0 Å². The maximum atomic E-state index is 12.1. The standard InChI is InChI=1S/C12H16N2O3/c1-8(12(16)17)13(2)11(15)10-4-3-7-14(10)9-5-6-9/h3-4,7-9H,5-6H2,1-2H3,(H,16,17). The van der Waals surface area contributed by atoms with Crippen LogP contribution in [0.25, 0.3) is 0 Å². The maximum Gasteiger partial charge on any atom is 0.326 e. The molecule has 1 aliphatic carbocycles. The van der Waals surface area contributed by atoms with Crippen molar-refractivity contribution in [3.8, 4) is 0 Å². The average molecular weight is 236 g/mol. The van der Waals surface area contributed by atoms with Gasteiger partial charge in [0, 0.05) is 19.3 Å². The third-order valence-corrected chi connectivity index (χ3v) is 3.20. The van der Waals surface area contributed by atoms with Gasteiger partial charge in [-0.05, 0) is 31.9 Å². The number of hydrogen-bond acceptors (Lipinski definition) is 2. The van der Waals surface area contributed by atoms with Gasteiger partial charge >= 0.3 is 5.97 Å². The van der Waals surface area contributed by atoms with Crippen molar-refractivity contribution in [2.24, 2.45) is 0 Å². The smallest absolute Gasteiger partial charge is 0.326 e. The van der Waals surface area contributed by atoms with Crippen LogP contribution in [0.2, 0.25) is 0 Å². The van der Waals surface area contributed by atoms with Crippen LogP contribution in [0.3, 0.4) is 0 Å². The minimum Gasteiger partial charge on any atom is -0.480 e. The number of aromatic nitrogens is 1. The summed E-state index contributed by atoms with van der Waals surface area (Å²) >= 11 is 0. The SMILES string of the molecule is CC(C(=O)O)N(C)C(=O)c1cccn1C1CC1. The van der Waals surface area contributed by atoms with Crippen LogP contribution in [0.4, 0.5) is 0 Å². The molecular formula is C12H16N2O3. The Labute approximate surface area is 99.6 Å². The number of likely N-dealkylation sites (N-methyl/N-ethyl adjacent to an activating group) is 1. The second kappa shape index (κ2) is 4.24. The molecule has 5 heteroatoms. The second-order valence-electron chi connectivity index (χ2n) is 4.46. The first-order chi connectivity index (χ1) is 8.02. The summed E-state index contributed by atoms with van der Waals surface area (Å²) in [4.78, 5) is 24.3. The predicted octanol–water partition coefficient (Wildman–Crippen LogP) is 1.37. The Bertz CT molecular complexity index is 448. The zero-order valence-corrected chi connectivity index (χ0v) is 9.96. The van der Waals surface area contributed by atoms with E-state index in [1.165, 1.54) is 18.9 Å². The Hall–Kier alpha value is -1.78. The van der Waals surface area contributed by atoms with E-state index in [9.17, 15) is 9.59 Å². The molecule has 17 heavy (non-hydrogen) atoms. The molecule has 1 atom stereocenters. The fourth-order valence-electron chi connectivity index (χ4n) is 1.77. The number of aliphatic carboxylic acids is 1. The molecule has 0 aromatic carbocycles. The van der Waals surface area contributed by atoms with E-state index >= 15 is 0 Å². The number of rotatable bonds is 4. The highest BCUT2D eigenvalue weighted by atomic mass is 16.4. The highest BCUT2D eigenvalue weighted by molar-refractivity contribution is 5.95. The third kappa shape index (κ3) is 2.18. The molecule has 1 N–H and O–H groups in total. The first-order valence-corrected chi connectivity index (χ1v) is 5.69. The molecule has 0 bridgehead atoms. The largest absolute Gasteiger partial charge is 0.480 e. The number of carbonyl (C=O) groups excluding carboxylic acids is 1. The maximum absolute atomic E-state index is 12.1. The Morgan fingerprint density at radius 1 is 1.53 bits per heavy atom. The number of carboxylic acid groups (broad SMARTS) is 1. The number of nitrogens with zero attached hydrogens (tertiary/aromatic N) is 2. The summed E-state index contributed by atoms with van der Waals surface area (Å²) in [5.74, 6) is -1.23. The van der Waals surface area contributed by atoms with Crippen molar-refractivity contribution in [1.82, 2.24) is 9.47 Å². The van der Waals surface area contributed by atoms with Crippen LogP contribution in [0.5, 0.6) is 0 Å². The average Bonchev–Trinajstić information content (AvgIpc) is 3.04. The summed E-state index contributed by atoms with van der Waals surface area (Å²) in [7, 11) is 1.52. The first-order valence-electron chi connectivity index (χ1n) is 5.69. The Kier molecular flexibility index (Phi) is 2.92. The normalized spacial score (nSPS) is 16.6. The minimum atomic E-state index is -0.995. The lowest BCUT2D eigenvalue weighted by Gasteiger charge is -2.22. The van der Waals surface area contributed by atoms with Crippen LogP contribution >= 0.6 is 0 Å².